The van der Waals surface area contributed by atoms with Crippen LogP contribution in [0.4, 0.5) is 4.79 Å². The molecular formula is C14H10ClN3O3. The van der Waals surface area contributed by atoms with E-state index in [4.69, 9.17) is 16.0 Å². The van der Waals surface area contributed by atoms with Crippen LogP contribution in [0.25, 0.3) is 11.3 Å². The Kier molecular flexibility index (Phi) is 3.45. The highest BCUT2D eigenvalue weighted by atomic mass is 35.5. The fourth-order valence-corrected chi connectivity index (χ4v) is 1.98. The molecule has 1 aromatic carbocycles. The fraction of sp³-hybridized carbons (Fsp3) is 0.0714. The Morgan fingerprint density at radius 2 is 1.90 bits per heavy atom. The Hall–Kier alpha value is -2.60. The molecule has 0 radical (unpaired) electrons. The maximum atomic E-state index is 11.3. The number of urea groups is 1. The van der Waals surface area contributed by atoms with Gasteiger partial charge in [0.25, 0.3) is 5.91 Å². The summed E-state index contributed by atoms with van der Waals surface area (Å²) in [6.45, 7) is 0. The van der Waals surface area contributed by atoms with Gasteiger partial charge in [-0.3, -0.25) is 15.1 Å². The Morgan fingerprint density at radius 1 is 1.14 bits per heavy atom. The van der Waals surface area contributed by atoms with Crippen LogP contribution in [-0.4, -0.2) is 24.3 Å². The van der Waals surface area contributed by atoms with Crippen LogP contribution in [0.1, 0.15) is 5.76 Å². The minimum atomic E-state index is -0.915. The third-order valence-corrected chi connectivity index (χ3v) is 3.11. The van der Waals surface area contributed by atoms with Crippen LogP contribution in [0.15, 0.2) is 45.8 Å². The lowest BCUT2D eigenvalue weighted by Gasteiger charge is -1.98. The predicted octanol–water partition coefficient (Wildman–Crippen LogP) is 2.18. The summed E-state index contributed by atoms with van der Waals surface area (Å²) in [6.07, 6.45) is 0.483. The van der Waals surface area contributed by atoms with Gasteiger partial charge in [0.1, 0.15) is 11.5 Å². The average molecular weight is 304 g/mol. The molecule has 0 bridgehead atoms. The van der Waals surface area contributed by atoms with Crippen molar-refractivity contribution in [3.8, 4) is 11.3 Å². The number of imide groups is 1. The van der Waals surface area contributed by atoms with Gasteiger partial charge in [0.05, 0.1) is 6.21 Å². The van der Waals surface area contributed by atoms with Gasteiger partial charge in [0, 0.05) is 10.6 Å². The Morgan fingerprint density at radius 3 is 2.57 bits per heavy atom. The van der Waals surface area contributed by atoms with E-state index in [1.165, 1.54) is 6.21 Å². The third kappa shape index (κ3) is 2.95. The Balaban J connectivity index is 1.75. The van der Waals surface area contributed by atoms with Crippen molar-refractivity contribution in [1.29, 1.82) is 0 Å². The highest BCUT2D eigenvalue weighted by molar-refractivity contribution is 6.30. The van der Waals surface area contributed by atoms with Crippen LogP contribution in [-0.2, 0) is 4.79 Å². The monoisotopic (exact) mass is 303 g/mol. The lowest BCUT2D eigenvalue weighted by Crippen LogP contribution is -2.26. The van der Waals surface area contributed by atoms with E-state index in [2.05, 4.69) is 15.6 Å². The van der Waals surface area contributed by atoms with E-state index in [9.17, 15) is 9.59 Å². The number of hydrogen-bond donors (Lipinski definition) is 2. The Bertz CT molecular complexity index is 721. The van der Waals surface area contributed by atoms with E-state index < -0.39 is 18.1 Å². The number of furan rings is 1. The highest BCUT2D eigenvalue weighted by Crippen LogP contribution is 2.23. The van der Waals surface area contributed by atoms with Crippen molar-refractivity contribution in [1.82, 2.24) is 10.6 Å². The summed E-state index contributed by atoms with van der Waals surface area (Å²) in [5, 5.41) is 5.11. The smallest absolute Gasteiger partial charge is 0.323 e. The topological polar surface area (TPSA) is 83.7 Å². The second-order valence-electron chi connectivity index (χ2n) is 4.35. The first-order valence-corrected chi connectivity index (χ1v) is 6.50. The van der Waals surface area contributed by atoms with Crippen molar-refractivity contribution in [2.75, 3.05) is 0 Å². The quantitative estimate of drug-likeness (QED) is 0.673. The van der Waals surface area contributed by atoms with Crippen molar-refractivity contribution >= 4 is 29.8 Å². The number of aliphatic imine (C=N–C) groups is 1. The van der Waals surface area contributed by atoms with E-state index >= 15 is 0 Å². The van der Waals surface area contributed by atoms with Crippen molar-refractivity contribution in [3.05, 3.63) is 47.2 Å². The molecule has 3 rings (SSSR count). The van der Waals surface area contributed by atoms with Crippen molar-refractivity contribution in [3.63, 3.8) is 0 Å². The summed E-state index contributed by atoms with van der Waals surface area (Å²) in [5.41, 5.74) is 0.881. The summed E-state index contributed by atoms with van der Waals surface area (Å²) in [4.78, 5) is 26.2. The van der Waals surface area contributed by atoms with Crippen LogP contribution < -0.4 is 10.6 Å². The Labute approximate surface area is 124 Å². The van der Waals surface area contributed by atoms with Gasteiger partial charge in [-0.2, -0.15) is 0 Å². The van der Waals surface area contributed by atoms with Gasteiger partial charge in [0.2, 0.25) is 6.17 Å². The van der Waals surface area contributed by atoms with Crippen molar-refractivity contribution < 1.29 is 14.0 Å². The van der Waals surface area contributed by atoms with Gasteiger partial charge in [-0.05, 0) is 36.4 Å². The molecule has 2 aromatic rings. The average Bonchev–Trinajstić information content (AvgIpc) is 3.04. The van der Waals surface area contributed by atoms with Gasteiger partial charge in [0.15, 0.2) is 0 Å². The normalized spacial score (nSPS) is 18.0. The number of halogens is 1. The van der Waals surface area contributed by atoms with Crippen molar-refractivity contribution in [2.24, 2.45) is 4.99 Å². The third-order valence-electron chi connectivity index (χ3n) is 2.86. The first-order valence-electron chi connectivity index (χ1n) is 6.12. The van der Waals surface area contributed by atoms with Crippen LogP contribution in [0.5, 0.6) is 0 Å². The van der Waals surface area contributed by atoms with Crippen molar-refractivity contribution in [2.45, 2.75) is 6.17 Å². The number of rotatable bonds is 3. The molecule has 2 heterocycles. The molecule has 21 heavy (non-hydrogen) atoms. The summed E-state index contributed by atoms with van der Waals surface area (Å²) in [7, 11) is 0. The molecule has 1 unspecified atom stereocenters. The van der Waals surface area contributed by atoms with Gasteiger partial charge >= 0.3 is 6.03 Å². The van der Waals surface area contributed by atoms with Crippen LogP contribution in [0, 0.1) is 0 Å². The maximum Gasteiger partial charge on any atom is 0.323 e. The number of nitrogens with zero attached hydrogens (tertiary/aromatic N) is 1. The molecule has 1 aliphatic rings. The molecule has 0 aliphatic carbocycles. The molecule has 106 valence electrons. The van der Waals surface area contributed by atoms with Crippen LogP contribution in [0.3, 0.4) is 0 Å². The zero-order valence-electron chi connectivity index (χ0n) is 10.7. The molecule has 1 atom stereocenters. The molecule has 0 spiro atoms. The minimum Gasteiger partial charge on any atom is -0.455 e. The SMILES string of the molecule is O=C1NC(=O)C(N=Cc2ccc(-c3ccc(Cl)cc3)o2)N1. The van der Waals surface area contributed by atoms with E-state index in [-0.39, 0.29) is 0 Å². The zero-order valence-corrected chi connectivity index (χ0v) is 11.4. The van der Waals surface area contributed by atoms with Crippen LogP contribution >= 0.6 is 11.6 Å². The standard InChI is InChI=1S/C14H10ClN3O3/c15-9-3-1-8(2-4-9)11-6-5-10(21-11)7-16-12-13(19)18-14(20)17-12/h1-7,12H,(H2,17,18,19,20). The highest BCUT2D eigenvalue weighted by Gasteiger charge is 2.28. The first kappa shape index (κ1) is 13.4. The minimum absolute atomic E-state index is 0.480. The molecule has 3 amide bonds. The second kappa shape index (κ2) is 5.41. The summed E-state index contributed by atoms with van der Waals surface area (Å²) < 4.78 is 5.59. The van der Waals surface area contributed by atoms with Gasteiger partial charge in [-0.25, -0.2) is 4.79 Å². The van der Waals surface area contributed by atoms with E-state index in [0.717, 1.165) is 5.56 Å². The molecule has 1 aromatic heterocycles. The number of carbonyl (C=O) groups is 2. The molecule has 2 N–H and O–H groups in total. The molecular weight excluding hydrogens is 294 g/mol. The number of amides is 3. The molecule has 1 aliphatic heterocycles. The lowest BCUT2D eigenvalue weighted by molar-refractivity contribution is -0.119. The molecule has 1 saturated heterocycles. The predicted molar refractivity (Wildman–Crippen MR) is 77.2 cm³/mol. The summed E-state index contributed by atoms with van der Waals surface area (Å²) in [5.74, 6) is 0.655. The molecule has 1 fully saturated rings. The van der Waals surface area contributed by atoms with Gasteiger partial charge in [-0.15, -0.1) is 0 Å². The zero-order chi connectivity index (χ0) is 14.8. The number of benzene rings is 1. The largest absolute Gasteiger partial charge is 0.455 e. The lowest BCUT2D eigenvalue weighted by atomic mass is 10.2. The number of nitrogens with one attached hydrogen (secondary N) is 2. The van der Waals surface area contributed by atoms with E-state index in [1.54, 1.807) is 24.3 Å². The van der Waals surface area contributed by atoms with Gasteiger partial charge < -0.3 is 9.73 Å². The molecule has 0 saturated carbocycles. The number of hydrogen-bond acceptors (Lipinski definition) is 4. The second-order valence-corrected chi connectivity index (χ2v) is 4.79. The fourth-order valence-electron chi connectivity index (χ4n) is 1.85. The molecule has 6 nitrogen and oxygen atoms in total. The summed E-state index contributed by atoms with van der Waals surface area (Å²) >= 11 is 5.83. The van der Waals surface area contributed by atoms with Crippen LogP contribution in [0.2, 0.25) is 5.02 Å². The summed E-state index contributed by atoms with van der Waals surface area (Å²) in [6, 6.07) is 10.2. The molecule has 7 heteroatoms. The maximum absolute atomic E-state index is 11.3. The van der Waals surface area contributed by atoms with E-state index in [1.807, 2.05) is 12.1 Å². The number of carbonyl (C=O) groups excluding carboxylic acids is 2. The first-order chi connectivity index (χ1) is 10.1. The van der Waals surface area contributed by atoms with E-state index in [0.29, 0.717) is 16.5 Å². The van der Waals surface area contributed by atoms with Gasteiger partial charge in [-0.1, -0.05) is 11.6 Å².